The molecule has 0 N–H and O–H groups in total. The van der Waals surface area contributed by atoms with Crippen molar-refractivity contribution in [3.8, 4) is 0 Å². The van der Waals surface area contributed by atoms with Crippen molar-refractivity contribution in [1.82, 2.24) is 0 Å². The van der Waals surface area contributed by atoms with Crippen molar-refractivity contribution < 1.29 is 9.18 Å². The van der Waals surface area contributed by atoms with Gasteiger partial charge in [0.2, 0.25) is 0 Å². The molecule has 0 bridgehead atoms. The average Bonchev–Trinajstić information content (AvgIpc) is 2.67. The van der Waals surface area contributed by atoms with Crippen molar-refractivity contribution in [2.24, 2.45) is 0 Å². The first kappa shape index (κ1) is 11.0. The molecule has 16 heavy (non-hydrogen) atoms. The zero-order valence-corrected chi connectivity index (χ0v) is 9.90. The molecule has 0 saturated heterocycles. The summed E-state index contributed by atoms with van der Waals surface area (Å²) in [5.41, 5.74) is 2.56. The summed E-state index contributed by atoms with van der Waals surface area (Å²) in [6.45, 7) is 3.56. The fraction of sp³-hybridized carbons (Fsp3) is 0.154. The molecule has 0 aliphatic rings. The lowest BCUT2D eigenvalue weighted by molar-refractivity contribution is 0.103. The molecule has 2 aromatic rings. The minimum absolute atomic E-state index is 0.113. The lowest BCUT2D eigenvalue weighted by Gasteiger charge is -2.02. The Kier molecular flexibility index (Phi) is 2.88. The summed E-state index contributed by atoms with van der Waals surface area (Å²) in [6.07, 6.45) is 0. The smallest absolute Gasteiger partial charge is 0.194 e. The van der Waals surface area contributed by atoms with Crippen LogP contribution in [-0.2, 0) is 0 Å². The fourth-order valence-corrected chi connectivity index (χ4v) is 2.31. The van der Waals surface area contributed by atoms with Gasteiger partial charge < -0.3 is 0 Å². The maximum absolute atomic E-state index is 13.3. The van der Waals surface area contributed by atoms with E-state index < -0.39 is 0 Å². The minimum atomic E-state index is -0.335. The van der Waals surface area contributed by atoms with E-state index in [0.717, 1.165) is 5.56 Å². The summed E-state index contributed by atoms with van der Waals surface area (Å²) in [6, 6.07) is 4.59. The van der Waals surface area contributed by atoms with E-state index in [2.05, 4.69) is 0 Å². The van der Waals surface area contributed by atoms with Gasteiger partial charge in [0.25, 0.3) is 0 Å². The number of carbonyl (C=O) groups is 1. The number of aryl methyl sites for hydroxylation is 2. The molecule has 0 spiro atoms. The van der Waals surface area contributed by atoms with Crippen molar-refractivity contribution in [2.75, 3.05) is 0 Å². The Morgan fingerprint density at radius 1 is 1.19 bits per heavy atom. The maximum Gasteiger partial charge on any atom is 0.194 e. The Bertz CT molecular complexity index is 543. The molecule has 0 atom stereocenters. The zero-order valence-electron chi connectivity index (χ0n) is 9.08. The monoisotopic (exact) mass is 234 g/mol. The summed E-state index contributed by atoms with van der Waals surface area (Å²) in [5.74, 6) is -0.448. The molecule has 0 fully saturated rings. The number of benzene rings is 1. The van der Waals surface area contributed by atoms with Gasteiger partial charge in [0.15, 0.2) is 5.78 Å². The summed E-state index contributed by atoms with van der Waals surface area (Å²) < 4.78 is 13.3. The first-order valence-electron chi connectivity index (χ1n) is 4.93. The molecule has 1 aromatic carbocycles. The molecule has 1 nitrogen and oxygen atoms in total. The van der Waals surface area contributed by atoms with Gasteiger partial charge in [0.05, 0.1) is 0 Å². The van der Waals surface area contributed by atoms with E-state index in [4.69, 9.17) is 0 Å². The highest BCUT2D eigenvalue weighted by Crippen LogP contribution is 2.19. The van der Waals surface area contributed by atoms with Crippen LogP contribution in [0.2, 0.25) is 0 Å². The molecule has 1 aromatic heterocycles. The van der Waals surface area contributed by atoms with Crippen LogP contribution in [0.1, 0.15) is 27.0 Å². The quantitative estimate of drug-likeness (QED) is 0.723. The second kappa shape index (κ2) is 4.18. The average molecular weight is 234 g/mol. The molecule has 0 radical (unpaired) electrons. The molecule has 0 aliphatic heterocycles. The standard InChI is InChI=1S/C13H11FOS/c1-8-3-4-10(5-12(8)14)13(15)11-7-16-6-9(11)2/h3-7H,1-2H3. The molecular formula is C13H11FOS. The molecule has 0 aliphatic carbocycles. The van der Waals surface area contributed by atoms with Crippen LogP contribution >= 0.6 is 11.3 Å². The predicted molar refractivity (Wildman–Crippen MR) is 63.6 cm³/mol. The van der Waals surface area contributed by atoms with Crippen molar-refractivity contribution >= 4 is 17.1 Å². The largest absolute Gasteiger partial charge is 0.289 e. The van der Waals surface area contributed by atoms with Gasteiger partial charge in [0, 0.05) is 16.5 Å². The number of ketones is 1. The Balaban J connectivity index is 2.42. The second-order valence-corrected chi connectivity index (χ2v) is 4.51. The van der Waals surface area contributed by atoms with Crippen LogP contribution in [-0.4, -0.2) is 5.78 Å². The van der Waals surface area contributed by atoms with Gasteiger partial charge in [-0.25, -0.2) is 4.39 Å². The Hall–Kier alpha value is -1.48. The van der Waals surface area contributed by atoms with Gasteiger partial charge in [-0.1, -0.05) is 12.1 Å². The number of halogens is 1. The molecule has 1 heterocycles. The topological polar surface area (TPSA) is 17.1 Å². The summed E-state index contributed by atoms with van der Waals surface area (Å²) in [5, 5.41) is 3.72. The molecule has 0 amide bonds. The van der Waals surface area contributed by atoms with Crippen LogP contribution in [0, 0.1) is 19.7 Å². The van der Waals surface area contributed by atoms with E-state index in [0.29, 0.717) is 16.7 Å². The van der Waals surface area contributed by atoms with Gasteiger partial charge in [-0.2, -0.15) is 11.3 Å². The van der Waals surface area contributed by atoms with Gasteiger partial charge in [0.1, 0.15) is 5.82 Å². The van der Waals surface area contributed by atoms with E-state index in [9.17, 15) is 9.18 Å². The highest BCUT2D eigenvalue weighted by Gasteiger charge is 2.13. The number of carbonyl (C=O) groups excluding carboxylic acids is 1. The third kappa shape index (κ3) is 1.91. The van der Waals surface area contributed by atoms with Crippen LogP contribution in [0.25, 0.3) is 0 Å². The number of hydrogen-bond donors (Lipinski definition) is 0. The predicted octanol–water partition coefficient (Wildman–Crippen LogP) is 3.74. The molecule has 3 heteroatoms. The van der Waals surface area contributed by atoms with Crippen LogP contribution < -0.4 is 0 Å². The minimum Gasteiger partial charge on any atom is -0.289 e. The summed E-state index contributed by atoms with van der Waals surface area (Å²) >= 11 is 1.48. The summed E-state index contributed by atoms with van der Waals surface area (Å²) in [7, 11) is 0. The van der Waals surface area contributed by atoms with Crippen LogP contribution in [0.3, 0.4) is 0 Å². The van der Waals surface area contributed by atoms with Crippen molar-refractivity contribution in [1.29, 1.82) is 0 Å². The van der Waals surface area contributed by atoms with E-state index in [-0.39, 0.29) is 11.6 Å². The second-order valence-electron chi connectivity index (χ2n) is 3.76. The third-order valence-corrected chi connectivity index (χ3v) is 3.40. The van der Waals surface area contributed by atoms with Crippen molar-refractivity contribution in [3.63, 3.8) is 0 Å². The Morgan fingerprint density at radius 3 is 2.50 bits per heavy atom. The molecule has 82 valence electrons. The SMILES string of the molecule is Cc1ccc(C(=O)c2cscc2C)cc1F. The fourth-order valence-electron chi connectivity index (χ4n) is 1.48. The van der Waals surface area contributed by atoms with E-state index in [1.807, 2.05) is 12.3 Å². The molecule has 0 saturated carbocycles. The van der Waals surface area contributed by atoms with E-state index in [1.165, 1.54) is 17.4 Å². The molecule has 2 rings (SSSR count). The van der Waals surface area contributed by atoms with Crippen LogP contribution in [0.5, 0.6) is 0 Å². The number of rotatable bonds is 2. The number of hydrogen-bond acceptors (Lipinski definition) is 2. The molecule has 0 unspecified atom stereocenters. The Labute approximate surface area is 97.6 Å². The van der Waals surface area contributed by atoms with E-state index in [1.54, 1.807) is 24.4 Å². The van der Waals surface area contributed by atoms with Gasteiger partial charge in [-0.3, -0.25) is 4.79 Å². The van der Waals surface area contributed by atoms with Gasteiger partial charge in [-0.15, -0.1) is 0 Å². The van der Waals surface area contributed by atoms with E-state index >= 15 is 0 Å². The first-order valence-corrected chi connectivity index (χ1v) is 5.87. The Morgan fingerprint density at radius 2 is 1.94 bits per heavy atom. The van der Waals surface area contributed by atoms with Crippen LogP contribution in [0.15, 0.2) is 29.0 Å². The highest BCUT2D eigenvalue weighted by molar-refractivity contribution is 7.08. The molecular weight excluding hydrogens is 223 g/mol. The zero-order chi connectivity index (χ0) is 11.7. The summed E-state index contributed by atoms with van der Waals surface area (Å²) in [4.78, 5) is 12.0. The van der Waals surface area contributed by atoms with Crippen molar-refractivity contribution in [2.45, 2.75) is 13.8 Å². The normalized spacial score (nSPS) is 10.4. The van der Waals surface area contributed by atoms with Gasteiger partial charge >= 0.3 is 0 Å². The first-order chi connectivity index (χ1) is 7.59. The third-order valence-electron chi connectivity index (χ3n) is 2.53. The number of thiophene rings is 1. The lowest BCUT2D eigenvalue weighted by atomic mass is 10.0. The highest BCUT2D eigenvalue weighted by atomic mass is 32.1. The lowest BCUT2D eigenvalue weighted by Crippen LogP contribution is -2.02. The van der Waals surface area contributed by atoms with Crippen molar-refractivity contribution in [3.05, 3.63) is 57.0 Å². The van der Waals surface area contributed by atoms with Crippen LogP contribution in [0.4, 0.5) is 4.39 Å². The van der Waals surface area contributed by atoms with Gasteiger partial charge in [-0.05, 0) is 36.4 Å². The maximum atomic E-state index is 13.3.